The third-order valence-corrected chi connectivity index (χ3v) is 5.38. The van der Waals surface area contributed by atoms with Crippen LogP contribution in [0.3, 0.4) is 0 Å². The van der Waals surface area contributed by atoms with E-state index in [0.29, 0.717) is 12.8 Å². The van der Waals surface area contributed by atoms with Gasteiger partial charge >= 0.3 is 0 Å². The fourth-order valence-corrected chi connectivity index (χ4v) is 3.99. The van der Waals surface area contributed by atoms with E-state index in [2.05, 4.69) is 39.3 Å². The van der Waals surface area contributed by atoms with Crippen molar-refractivity contribution in [3.8, 4) is 11.5 Å². The maximum absolute atomic E-state index is 12.2. The summed E-state index contributed by atoms with van der Waals surface area (Å²) in [6.07, 6.45) is 9.12. The average molecular weight is 414 g/mol. The highest BCUT2D eigenvalue weighted by molar-refractivity contribution is 5.97. The fraction of sp³-hybridized carbons (Fsp3) is 0.391. The number of halogens is 2. The molecule has 30 heavy (non-hydrogen) atoms. The number of pyridine rings is 1. The van der Waals surface area contributed by atoms with E-state index in [-0.39, 0.29) is 12.8 Å². The van der Waals surface area contributed by atoms with Crippen LogP contribution in [0.2, 0.25) is 0 Å². The van der Waals surface area contributed by atoms with Gasteiger partial charge in [0.05, 0.1) is 11.2 Å². The molecule has 3 heterocycles. The molecule has 0 saturated heterocycles. The van der Waals surface area contributed by atoms with Crippen molar-refractivity contribution in [2.75, 3.05) is 18.5 Å². The SMILES string of the molecule is C=CN1CCc2c(-c3ncc[nH]3)nc3ccccc3c21.CN.FC1(F)CCCCC1. The maximum Gasteiger partial charge on any atom is 0.248 e. The van der Waals surface area contributed by atoms with Crippen LogP contribution in [0.1, 0.15) is 37.7 Å². The lowest BCUT2D eigenvalue weighted by atomic mass is 9.97. The Labute approximate surface area is 176 Å². The molecule has 0 spiro atoms. The molecular formula is C23H29F2N5. The van der Waals surface area contributed by atoms with Gasteiger partial charge in [-0.25, -0.2) is 18.7 Å². The average Bonchev–Trinajstić information content (AvgIpc) is 3.45. The van der Waals surface area contributed by atoms with Gasteiger partial charge in [-0.2, -0.15) is 0 Å². The van der Waals surface area contributed by atoms with E-state index >= 15 is 0 Å². The van der Waals surface area contributed by atoms with Crippen molar-refractivity contribution in [2.24, 2.45) is 5.73 Å². The van der Waals surface area contributed by atoms with E-state index in [1.807, 2.05) is 24.5 Å². The number of alkyl halides is 2. The van der Waals surface area contributed by atoms with Crippen LogP contribution >= 0.6 is 0 Å². The molecule has 5 nitrogen and oxygen atoms in total. The van der Waals surface area contributed by atoms with Crippen LogP contribution in [0.5, 0.6) is 0 Å². The lowest BCUT2D eigenvalue weighted by Gasteiger charge is -2.20. The van der Waals surface area contributed by atoms with Gasteiger partial charge in [0.2, 0.25) is 5.92 Å². The van der Waals surface area contributed by atoms with Crippen molar-refractivity contribution in [2.45, 2.75) is 44.4 Å². The molecule has 0 radical (unpaired) electrons. The molecule has 1 fully saturated rings. The number of benzene rings is 1. The van der Waals surface area contributed by atoms with Gasteiger partial charge in [-0.15, -0.1) is 0 Å². The number of anilines is 1. The number of imidazole rings is 1. The molecule has 0 unspecified atom stereocenters. The first-order valence-electron chi connectivity index (χ1n) is 10.4. The van der Waals surface area contributed by atoms with E-state index in [0.717, 1.165) is 36.4 Å². The van der Waals surface area contributed by atoms with Crippen molar-refractivity contribution in [3.63, 3.8) is 0 Å². The standard InChI is InChI=1S/C16H14N4.C6H10F2.CH5N/c1-2-20-10-7-12-14(16-17-8-9-18-16)19-13-6-4-3-5-11(13)15(12)20;7-6(8)4-2-1-3-5-6;1-2/h2-6,8-9H,1,7,10H2,(H,17,18);1-5H2;2H2,1H3. The van der Waals surface area contributed by atoms with Crippen LogP contribution in [0, 0.1) is 0 Å². The molecule has 0 atom stereocenters. The second kappa shape index (κ2) is 9.80. The highest BCUT2D eigenvalue weighted by Gasteiger charge is 2.30. The largest absolute Gasteiger partial charge is 0.347 e. The van der Waals surface area contributed by atoms with Crippen molar-refractivity contribution < 1.29 is 8.78 Å². The molecule has 1 aliphatic heterocycles. The van der Waals surface area contributed by atoms with E-state index < -0.39 is 5.92 Å². The molecule has 3 aromatic rings. The van der Waals surface area contributed by atoms with Gasteiger partial charge < -0.3 is 15.6 Å². The quantitative estimate of drug-likeness (QED) is 0.599. The number of aromatic nitrogens is 3. The summed E-state index contributed by atoms with van der Waals surface area (Å²) in [6.45, 7) is 4.87. The third-order valence-electron chi connectivity index (χ3n) is 5.38. The third kappa shape index (κ3) is 4.67. The topological polar surface area (TPSA) is 70.8 Å². The molecule has 2 aromatic heterocycles. The Bertz CT molecular complexity index is 961. The van der Waals surface area contributed by atoms with Gasteiger partial charge in [0.25, 0.3) is 0 Å². The Morgan fingerprint density at radius 2 is 1.90 bits per heavy atom. The van der Waals surface area contributed by atoms with Crippen LogP contribution in [0.25, 0.3) is 22.4 Å². The highest BCUT2D eigenvalue weighted by Crippen LogP contribution is 2.39. The van der Waals surface area contributed by atoms with E-state index in [1.165, 1.54) is 23.7 Å². The van der Waals surface area contributed by atoms with E-state index in [4.69, 9.17) is 4.98 Å². The summed E-state index contributed by atoms with van der Waals surface area (Å²) < 4.78 is 24.4. The summed E-state index contributed by atoms with van der Waals surface area (Å²) in [5, 5.41) is 1.18. The molecule has 2 aliphatic rings. The van der Waals surface area contributed by atoms with E-state index in [1.54, 1.807) is 6.20 Å². The maximum atomic E-state index is 12.2. The number of rotatable bonds is 2. The number of aromatic amines is 1. The monoisotopic (exact) mass is 413 g/mol. The summed E-state index contributed by atoms with van der Waals surface area (Å²) in [4.78, 5) is 14.5. The summed E-state index contributed by atoms with van der Waals surface area (Å²) in [6, 6.07) is 8.23. The van der Waals surface area contributed by atoms with Gasteiger partial charge in [-0.05, 0) is 38.6 Å². The number of fused-ring (bicyclic) bond motifs is 3. The van der Waals surface area contributed by atoms with E-state index in [9.17, 15) is 8.78 Å². The van der Waals surface area contributed by atoms with Gasteiger partial charge in [0.15, 0.2) is 5.82 Å². The molecule has 5 rings (SSSR count). The van der Waals surface area contributed by atoms with Gasteiger partial charge in [0, 0.05) is 42.7 Å². The summed E-state index contributed by atoms with van der Waals surface area (Å²) in [5.41, 5.74) is 8.91. The Hall–Kier alpha value is -2.80. The van der Waals surface area contributed by atoms with Gasteiger partial charge in [-0.3, -0.25) is 0 Å². The summed E-state index contributed by atoms with van der Waals surface area (Å²) in [5.74, 6) is -1.49. The van der Waals surface area contributed by atoms with Gasteiger partial charge in [0.1, 0.15) is 5.69 Å². The molecular weight excluding hydrogens is 384 g/mol. The number of H-pyrrole nitrogens is 1. The molecule has 3 N–H and O–H groups in total. The van der Waals surface area contributed by atoms with Crippen LogP contribution < -0.4 is 10.6 Å². The smallest absolute Gasteiger partial charge is 0.248 e. The minimum absolute atomic E-state index is 0.118. The predicted octanol–water partition coefficient (Wildman–Crippen LogP) is 5.29. The number of nitrogens with zero attached hydrogens (tertiary/aromatic N) is 3. The molecule has 1 aromatic carbocycles. The van der Waals surface area contributed by atoms with Crippen molar-refractivity contribution in [1.82, 2.24) is 15.0 Å². The molecule has 1 aliphatic carbocycles. The Kier molecular flexibility index (Phi) is 7.15. The summed E-state index contributed by atoms with van der Waals surface area (Å²) >= 11 is 0. The Morgan fingerprint density at radius 3 is 2.50 bits per heavy atom. The van der Waals surface area contributed by atoms with Crippen LogP contribution in [-0.4, -0.2) is 34.5 Å². The second-order valence-corrected chi connectivity index (χ2v) is 7.29. The first kappa shape index (κ1) is 21.9. The van der Waals surface area contributed by atoms with Crippen LogP contribution in [0.4, 0.5) is 14.5 Å². The first-order chi connectivity index (χ1) is 14.6. The molecule has 7 heteroatoms. The number of para-hydroxylation sites is 1. The Balaban J connectivity index is 0.000000216. The molecule has 1 saturated carbocycles. The molecule has 0 amide bonds. The minimum Gasteiger partial charge on any atom is -0.347 e. The first-order valence-corrected chi connectivity index (χ1v) is 10.4. The lowest BCUT2D eigenvalue weighted by molar-refractivity contribution is -0.0337. The molecule has 0 bridgehead atoms. The zero-order valence-electron chi connectivity index (χ0n) is 17.4. The summed E-state index contributed by atoms with van der Waals surface area (Å²) in [7, 11) is 1.50. The van der Waals surface area contributed by atoms with Crippen LogP contribution in [0.15, 0.2) is 49.4 Å². The van der Waals surface area contributed by atoms with Gasteiger partial charge in [-0.1, -0.05) is 31.2 Å². The number of nitrogens with two attached hydrogens (primary N) is 1. The number of nitrogens with one attached hydrogen (secondary N) is 1. The lowest BCUT2D eigenvalue weighted by Crippen LogP contribution is -2.18. The molecule has 160 valence electrons. The van der Waals surface area contributed by atoms with Crippen LogP contribution in [-0.2, 0) is 6.42 Å². The van der Waals surface area contributed by atoms with Crippen molar-refractivity contribution >= 4 is 16.6 Å². The predicted molar refractivity (Wildman–Crippen MR) is 119 cm³/mol. The Morgan fingerprint density at radius 1 is 1.17 bits per heavy atom. The fourth-order valence-electron chi connectivity index (χ4n) is 3.99. The zero-order chi connectivity index (χ0) is 21.6. The highest BCUT2D eigenvalue weighted by atomic mass is 19.3. The minimum atomic E-state index is -2.32. The number of hydrogen-bond acceptors (Lipinski definition) is 4. The zero-order valence-corrected chi connectivity index (χ0v) is 17.4. The normalized spacial score (nSPS) is 16.7. The van der Waals surface area contributed by atoms with Crippen molar-refractivity contribution in [3.05, 3.63) is 55.0 Å². The van der Waals surface area contributed by atoms with Crippen molar-refractivity contribution in [1.29, 1.82) is 0 Å². The number of hydrogen-bond donors (Lipinski definition) is 2. The second-order valence-electron chi connectivity index (χ2n) is 7.29.